The van der Waals surface area contributed by atoms with Crippen molar-refractivity contribution in [1.82, 2.24) is 0 Å². The van der Waals surface area contributed by atoms with Gasteiger partial charge >= 0.3 is 5.97 Å². The number of carbonyl (C=O) groups excluding carboxylic acids is 2. The number of allylic oxidation sites excluding steroid dienone is 1. The zero-order chi connectivity index (χ0) is 22.8. The van der Waals surface area contributed by atoms with Crippen LogP contribution in [0.3, 0.4) is 0 Å². The summed E-state index contributed by atoms with van der Waals surface area (Å²) < 4.78 is 22.7. The normalized spacial score (nSPS) is 13.5. The lowest BCUT2D eigenvalue weighted by Gasteiger charge is -2.10. The first kappa shape index (κ1) is 21.6. The van der Waals surface area contributed by atoms with Gasteiger partial charge in [0.05, 0.1) is 25.3 Å². The Bertz CT molecular complexity index is 1220. The first-order valence-electron chi connectivity index (χ1n) is 9.67. The molecule has 0 atom stereocenters. The molecule has 4 rings (SSSR count). The molecule has 0 saturated carbocycles. The highest BCUT2D eigenvalue weighted by Gasteiger charge is 2.30. The zero-order valence-corrected chi connectivity index (χ0v) is 19.2. The van der Waals surface area contributed by atoms with Crippen molar-refractivity contribution in [3.8, 4) is 23.0 Å². The Kier molecular flexibility index (Phi) is 6.01. The van der Waals surface area contributed by atoms with E-state index in [1.165, 1.54) is 20.3 Å². The van der Waals surface area contributed by atoms with Gasteiger partial charge in [-0.25, -0.2) is 4.79 Å². The third kappa shape index (κ3) is 4.38. The third-order valence-corrected chi connectivity index (χ3v) is 5.44. The smallest absolute Gasteiger partial charge is 0.343 e. The van der Waals surface area contributed by atoms with E-state index in [1.54, 1.807) is 37.3 Å². The highest BCUT2D eigenvalue weighted by molar-refractivity contribution is 9.10. The molecule has 0 fully saturated rings. The number of esters is 1. The molecule has 0 radical (unpaired) electrons. The largest absolute Gasteiger partial charge is 0.497 e. The standard InChI is InChI=1S/C25H19BrO6/c1-14-8-20(31-25(28)16-10-18(29-2)12-19(11-16)30-3)13-21-23(14)24(27)22(32-21)9-15-4-6-17(26)7-5-15/h4-13H,1-3H3/b22-9-. The Balaban J connectivity index is 1.60. The Morgan fingerprint density at radius 1 is 0.938 bits per heavy atom. The highest BCUT2D eigenvalue weighted by atomic mass is 79.9. The van der Waals surface area contributed by atoms with E-state index in [-0.39, 0.29) is 22.9 Å². The first-order valence-corrected chi connectivity index (χ1v) is 10.5. The molecule has 0 saturated heterocycles. The fraction of sp³-hybridized carbons (Fsp3) is 0.120. The number of aryl methyl sites for hydroxylation is 1. The van der Waals surface area contributed by atoms with Gasteiger partial charge in [-0.15, -0.1) is 0 Å². The monoisotopic (exact) mass is 494 g/mol. The molecule has 0 bridgehead atoms. The summed E-state index contributed by atoms with van der Waals surface area (Å²) in [6.45, 7) is 1.77. The molecule has 6 nitrogen and oxygen atoms in total. The van der Waals surface area contributed by atoms with Gasteiger partial charge in [-0.1, -0.05) is 28.1 Å². The lowest BCUT2D eigenvalue weighted by molar-refractivity contribution is 0.0733. The van der Waals surface area contributed by atoms with Crippen molar-refractivity contribution in [2.45, 2.75) is 6.92 Å². The summed E-state index contributed by atoms with van der Waals surface area (Å²) >= 11 is 3.39. The van der Waals surface area contributed by atoms with E-state index < -0.39 is 5.97 Å². The predicted molar refractivity (Wildman–Crippen MR) is 123 cm³/mol. The van der Waals surface area contributed by atoms with Crippen molar-refractivity contribution in [1.29, 1.82) is 0 Å². The minimum atomic E-state index is -0.587. The van der Waals surface area contributed by atoms with Crippen LogP contribution in [0.15, 0.2) is 64.8 Å². The van der Waals surface area contributed by atoms with Crippen LogP contribution in [0, 0.1) is 6.92 Å². The van der Waals surface area contributed by atoms with E-state index in [1.807, 2.05) is 24.3 Å². The van der Waals surface area contributed by atoms with Gasteiger partial charge in [-0.2, -0.15) is 0 Å². The Morgan fingerprint density at radius 2 is 1.59 bits per heavy atom. The number of benzene rings is 3. The molecule has 0 spiro atoms. The number of hydrogen-bond acceptors (Lipinski definition) is 6. The van der Waals surface area contributed by atoms with Crippen molar-refractivity contribution in [2.75, 3.05) is 14.2 Å². The second-order valence-corrected chi connectivity index (χ2v) is 8.01. The predicted octanol–water partition coefficient (Wildman–Crippen LogP) is 5.61. The first-order chi connectivity index (χ1) is 15.4. The maximum Gasteiger partial charge on any atom is 0.343 e. The summed E-state index contributed by atoms with van der Waals surface area (Å²) in [5.74, 6) is 0.977. The van der Waals surface area contributed by atoms with E-state index >= 15 is 0 Å². The molecule has 1 heterocycles. The number of rotatable bonds is 5. The summed E-state index contributed by atoms with van der Waals surface area (Å²) in [4.78, 5) is 25.5. The molecule has 0 N–H and O–H groups in total. The summed E-state index contributed by atoms with van der Waals surface area (Å²) in [6.07, 6.45) is 1.68. The van der Waals surface area contributed by atoms with Crippen LogP contribution in [0.2, 0.25) is 0 Å². The molecule has 3 aromatic carbocycles. The molecule has 0 aromatic heterocycles. The quantitative estimate of drug-likeness (QED) is 0.260. The van der Waals surface area contributed by atoms with Crippen molar-refractivity contribution in [3.05, 3.63) is 87.1 Å². The molecule has 7 heteroatoms. The van der Waals surface area contributed by atoms with Crippen LogP contribution in [0.1, 0.15) is 31.8 Å². The van der Waals surface area contributed by atoms with Crippen LogP contribution < -0.4 is 18.9 Å². The summed E-state index contributed by atoms with van der Waals surface area (Å²) in [6, 6.07) is 15.5. The van der Waals surface area contributed by atoms with Gasteiger partial charge in [-0.3, -0.25) is 4.79 Å². The van der Waals surface area contributed by atoms with Gasteiger partial charge in [0, 0.05) is 16.6 Å². The molecule has 1 aliphatic rings. The van der Waals surface area contributed by atoms with Crippen LogP contribution in [-0.2, 0) is 0 Å². The van der Waals surface area contributed by atoms with Gasteiger partial charge in [0.15, 0.2) is 5.76 Å². The van der Waals surface area contributed by atoms with E-state index in [2.05, 4.69) is 15.9 Å². The second kappa shape index (κ2) is 8.88. The third-order valence-electron chi connectivity index (χ3n) is 4.91. The van der Waals surface area contributed by atoms with E-state index in [4.69, 9.17) is 18.9 Å². The van der Waals surface area contributed by atoms with Crippen LogP contribution in [0.4, 0.5) is 0 Å². The van der Waals surface area contributed by atoms with E-state index in [9.17, 15) is 9.59 Å². The van der Waals surface area contributed by atoms with Crippen LogP contribution in [0.5, 0.6) is 23.0 Å². The number of ketones is 1. The van der Waals surface area contributed by atoms with Gasteiger partial charge < -0.3 is 18.9 Å². The Hall–Kier alpha value is -3.58. The number of methoxy groups -OCH3 is 2. The zero-order valence-electron chi connectivity index (χ0n) is 17.6. The minimum absolute atomic E-state index is 0.212. The molecular weight excluding hydrogens is 476 g/mol. The minimum Gasteiger partial charge on any atom is -0.497 e. The summed E-state index contributed by atoms with van der Waals surface area (Å²) in [7, 11) is 3.00. The number of Topliss-reactive ketones (excluding diaryl/α,β-unsaturated/α-hetero) is 1. The SMILES string of the molecule is COc1cc(OC)cc(C(=O)Oc2cc(C)c3c(c2)O/C(=C\c2ccc(Br)cc2)C3=O)c1. The van der Waals surface area contributed by atoms with Crippen LogP contribution >= 0.6 is 15.9 Å². The second-order valence-electron chi connectivity index (χ2n) is 7.10. The Morgan fingerprint density at radius 3 is 2.22 bits per heavy atom. The van der Waals surface area contributed by atoms with Gasteiger partial charge in [0.25, 0.3) is 0 Å². The average Bonchev–Trinajstić information content (AvgIpc) is 3.10. The lowest BCUT2D eigenvalue weighted by Crippen LogP contribution is -2.09. The van der Waals surface area contributed by atoms with Gasteiger partial charge in [0.1, 0.15) is 23.0 Å². The fourth-order valence-corrected chi connectivity index (χ4v) is 3.60. The van der Waals surface area contributed by atoms with E-state index in [0.717, 1.165) is 10.0 Å². The van der Waals surface area contributed by atoms with Crippen molar-refractivity contribution in [2.24, 2.45) is 0 Å². The maximum atomic E-state index is 12.8. The number of fused-ring (bicyclic) bond motifs is 1. The molecule has 0 amide bonds. The molecule has 32 heavy (non-hydrogen) atoms. The molecule has 1 aliphatic heterocycles. The van der Waals surface area contributed by atoms with E-state index in [0.29, 0.717) is 28.4 Å². The topological polar surface area (TPSA) is 71.1 Å². The lowest BCUT2D eigenvalue weighted by atomic mass is 10.0. The van der Waals surface area contributed by atoms with Crippen molar-refractivity contribution >= 4 is 33.8 Å². The molecule has 162 valence electrons. The Labute approximate surface area is 193 Å². The summed E-state index contributed by atoms with van der Waals surface area (Å²) in [5.41, 5.74) is 2.21. The number of carbonyl (C=O) groups is 2. The van der Waals surface area contributed by atoms with Crippen molar-refractivity contribution in [3.63, 3.8) is 0 Å². The molecule has 3 aromatic rings. The van der Waals surface area contributed by atoms with Crippen molar-refractivity contribution < 1.29 is 28.5 Å². The number of hydrogen-bond donors (Lipinski definition) is 0. The average molecular weight is 495 g/mol. The molecular formula is C25H19BrO6. The molecule has 0 aliphatic carbocycles. The van der Waals surface area contributed by atoms with Gasteiger partial charge in [0.2, 0.25) is 5.78 Å². The fourth-order valence-electron chi connectivity index (χ4n) is 3.34. The highest BCUT2D eigenvalue weighted by Crippen LogP contribution is 2.38. The van der Waals surface area contributed by atoms with Crippen LogP contribution in [0.25, 0.3) is 6.08 Å². The van der Waals surface area contributed by atoms with Crippen LogP contribution in [-0.4, -0.2) is 26.0 Å². The molecule has 0 unspecified atom stereocenters. The van der Waals surface area contributed by atoms with Gasteiger partial charge in [-0.05, 0) is 54.5 Å². The summed E-state index contributed by atoms with van der Waals surface area (Å²) in [5, 5.41) is 0. The maximum absolute atomic E-state index is 12.8. The number of halogens is 1. The number of ether oxygens (including phenoxy) is 4.